The first-order valence-electron chi connectivity index (χ1n) is 6.88. The molecule has 1 saturated heterocycles. The summed E-state index contributed by atoms with van der Waals surface area (Å²) in [6.45, 7) is 0. The van der Waals surface area contributed by atoms with Gasteiger partial charge in [0.15, 0.2) is 5.17 Å². The second-order valence-electron chi connectivity index (χ2n) is 4.94. The number of phenolic OH excluding ortho intramolecular Hbond substituents is 2. The molecule has 0 unspecified atom stereocenters. The molecule has 0 saturated carbocycles. The number of benzene rings is 2. The Morgan fingerprint density at radius 2 is 1.78 bits per heavy atom. The molecule has 6 heteroatoms. The fourth-order valence-electron chi connectivity index (χ4n) is 2.04. The van der Waals surface area contributed by atoms with Crippen LogP contribution in [0.2, 0.25) is 0 Å². The van der Waals surface area contributed by atoms with Crippen LogP contribution in [0.1, 0.15) is 5.56 Å². The van der Waals surface area contributed by atoms with E-state index in [0.717, 1.165) is 0 Å². The van der Waals surface area contributed by atoms with Gasteiger partial charge in [0, 0.05) is 12.6 Å². The van der Waals surface area contributed by atoms with Crippen molar-refractivity contribution < 1.29 is 15.0 Å². The molecule has 3 rings (SSSR count). The van der Waals surface area contributed by atoms with E-state index in [0.29, 0.717) is 21.3 Å². The molecule has 0 bridgehead atoms. The maximum Gasteiger partial charge on any atom is 0.266 e. The zero-order valence-corrected chi connectivity index (χ0v) is 13.1. The van der Waals surface area contributed by atoms with Crippen molar-refractivity contribution in [3.05, 3.63) is 59.0 Å². The summed E-state index contributed by atoms with van der Waals surface area (Å²) < 4.78 is 0. The lowest BCUT2D eigenvalue weighted by Gasteiger charge is -2.07. The summed E-state index contributed by atoms with van der Waals surface area (Å²) >= 11 is 1.24. The second kappa shape index (κ2) is 6.18. The van der Waals surface area contributed by atoms with Gasteiger partial charge in [0.1, 0.15) is 11.5 Å². The predicted molar refractivity (Wildman–Crippen MR) is 91.6 cm³/mol. The lowest BCUT2D eigenvalue weighted by atomic mass is 10.2. The number of likely N-dealkylation sites (N-methyl/N-ethyl adjacent to an activating group) is 1. The lowest BCUT2D eigenvalue weighted by Crippen LogP contribution is -2.23. The van der Waals surface area contributed by atoms with E-state index in [1.165, 1.54) is 16.7 Å². The van der Waals surface area contributed by atoms with Crippen molar-refractivity contribution in [1.82, 2.24) is 4.90 Å². The number of amidine groups is 1. The van der Waals surface area contributed by atoms with Gasteiger partial charge in [-0.15, -0.1) is 0 Å². The minimum absolute atomic E-state index is 0.125. The molecule has 116 valence electrons. The van der Waals surface area contributed by atoms with Gasteiger partial charge in [0.25, 0.3) is 5.91 Å². The molecule has 2 N–H and O–H groups in total. The van der Waals surface area contributed by atoms with Crippen LogP contribution in [0.3, 0.4) is 0 Å². The molecular weight excluding hydrogens is 312 g/mol. The molecule has 0 atom stereocenters. The maximum atomic E-state index is 12.3. The molecule has 2 aromatic rings. The summed E-state index contributed by atoms with van der Waals surface area (Å²) in [4.78, 5) is 18.7. The third kappa shape index (κ3) is 3.22. The van der Waals surface area contributed by atoms with Gasteiger partial charge in [0.2, 0.25) is 0 Å². The second-order valence-corrected chi connectivity index (χ2v) is 5.95. The Kier molecular flexibility index (Phi) is 4.08. The minimum atomic E-state index is -0.171. The summed E-state index contributed by atoms with van der Waals surface area (Å²) in [5.74, 6) is 0.119. The Morgan fingerprint density at radius 1 is 1.09 bits per heavy atom. The number of thioether (sulfide) groups is 1. The van der Waals surface area contributed by atoms with E-state index in [9.17, 15) is 15.0 Å². The number of hydrogen-bond donors (Lipinski definition) is 2. The highest BCUT2D eigenvalue weighted by atomic mass is 32.2. The van der Waals surface area contributed by atoms with Crippen LogP contribution >= 0.6 is 11.8 Å². The number of para-hydroxylation sites is 1. The van der Waals surface area contributed by atoms with Crippen molar-refractivity contribution >= 4 is 34.6 Å². The monoisotopic (exact) mass is 326 g/mol. The number of carbonyl (C=O) groups excluding carboxylic acids is 1. The molecule has 0 radical (unpaired) electrons. The molecule has 1 heterocycles. The Hall–Kier alpha value is -2.73. The van der Waals surface area contributed by atoms with Gasteiger partial charge < -0.3 is 10.2 Å². The standard InChI is InChI=1S/C17H14N2O3S/c1-19-16(22)15(10-11-4-2-3-5-14(11)21)23-17(19)18-12-6-8-13(20)9-7-12/h2-10,20-21H,1H3/b15-10-,18-17?. The van der Waals surface area contributed by atoms with Crippen LogP contribution < -0.4 is 0 Å². The molecular formula is C17H14N2O3S. The van der Waals surface area contributed by atoms with Crippen LogP contribution in [0.15, 0.2) is 58.4 Å². The number of hydrogen-bond acceptors (Lipinski definition) is 5. The number of aromatic hydroxyl groups is 2. The van der Waals surface area contributed by atoms with Crippen LogP contribution in [-0.4, -0.2) is 33.2 Å². The van der Waals surface area contributed by atoms with E-state index >= 15 is 0 Å². The van der Waals surface area contributed by atoms with Gasteiger partial charge in [-0.2, -0.15) is 0 Å². The van der Waals surface area contributed by atoms with Crippen molar-refractivity contribution in [2.45, 2.75) is 0 Å². The third-order valence-electron chi connectivity index (χ3n) is 3.30. The number of carbonyl (C=O) groups is 1. The van der Waals surface area contributed by atoms with Crippen molar-refractivity contribution in [2.75, 3.05) is 7.05 Å². The van der Waals surface area contributed by atoms with Gasteiger partial charge in [-0.05, 0) is 48.2 Å². The first-order valence-corrected chi connectivity index (χ1v) is 7.69. The average molecular weight is 326 g/mol. The summed E-state index contributed by atoms with van der Waals surface area (Å²) in [7, 11) is 1.65. The Balaban J connectivity index is 1.91. The molecule has 0 spiro atoms. The first kappa shape index (κ1) is 15.2. The van der Waals surface area contributed by atoms with Crippen LogP contribution in [0.5, 0.6) is 11.5 Å². The molecule has 2 aromatic carbocycles. The Labute approximate surface area is 137 Å². The van der Waals surface area contributed by atoms with E-state index in [1.807, 2.05) is 0 Å². The number of rotatable bonds is 2. The fraction of sp³-hybridized carbons (Fsp3) is 0.0588. The van der Waals surface area contributed by atoms with Gasteiger partial charge in [-0.1, -0.05) is 18.2 Å². The molecule has 1 fully saturated rings. The molecule has 1 aliphatic heterocycles. The number of amides is 1. The number of nitrogens with zero attached hydrogens (tertiary/aromatic N) is 2. The van der Waals surface area contributed by atoms with Crippen LogP contribution in [0.25, 0.3) is 6.08 Å². The molecule has 5 nitrogen and oxygen atoms in total. The molecule has 0 aliphatic carbocycles. The normalized spacial score (nSPS) is 18.1. The highest BCUT2D eigenvalue weighted by Gasteiger charge is 2.30. The highest BCUT2D eigenvalue weighted by Crippen LogP contribution is 2.34. The van der Waals surface area contributed by atoms with E-state index in [4.69, 9.17) is 0 Å². The van der Waals surface area contributed by atoms with Gasteiger partial charge in [-0.3, -0.25) is 9.69 Å². The molecule has 23 heavy (non-hydrogen) atoms. The summed E-state index contributed by atoms with van der Waals surface area (Å²) in [5, 5.41) is 19.7. The zero-order valence-electron chi connectivity index (χ0n) is 12.3. The molecule has 1 amide bonds. The smallest absolute Gasteiger partial charge is 0.266 e. The quantitative estimate of drug-likeness (QED) is 0.830. The minimum Gasteiger partial charge on any atom is -0.508 e. The van der Waals surface area contributed by atoms with Gasteiger partial charge in [-0.25, -0.2) is 4.99 Å². The number of phenols is 2. The zero-order chi connectivity index (χ0) is 16.4. The Morgan fingerprint density at radius 3 is 2.48 bits per heavy atom. The summed E-state index contributed by atoms with van der Waals surface area (Å²) in [5.41, 5.74) is 1.23. The Bertz CT molecular complexity index is 813. The predicted octanol–water partition coefficient (Wildman–Crippen LogP) is 3.33. The van der Waals surface area contributed by atoms with Gasteiger partial charge in [0.05, 0.1) is 10.6 Å². The van der Waals surface area contributed by atoms with E-state index in [-0.39, 0.29) is 17.4 Å². The summed E-state index contributed by atoms with van der Waals surface area (Å²) in [6, 6.07) is 13.3. The van der Waals surface area contributed by atoms with E-state index in [2.05, 4.69) is 4.99 Å². The number of aliphatic imine (C=N–C) groups is 1. The highest BCUT2D eigenvalue weighted by molar-refractivity contribution is 8.18. The SMILES string of the molecule is CN1C(=O)/C(=C/c2ccccc2O)SC1=Nc1ccc(O)cc1. The average Bonchev–Trinajstić information content (AvgIpc) is 2.80. The fourth-order valence-corrected chi connectivity index (χ4v) is 3.02. The lowest BCUT2D eigenvalue weighted by molar-refractivity contribution is -0.121. The van der Waals surface area contributed by atoms with Crippen molar-refractivity contribution in [1.29, 1.82) is 0 Å². The van der Waals surface area contributed by atoms with Crippen LogP contribution in [0.4, 0.5) is 5.69 Å². The largest absolute Gasteiger partial charge is 0.508 e. The van der Waals surface area contributed by atoms with Gasteiger partial charge >= 0.3 is 0 Å². The van der Waals surface area contributed by atoms with E-state index in [1.54, 1.807) is 61.7 Å². The van der Waals surface area contributed by atoms with Crippen LogP contribution in [0, 0.1) is 0 Å². The first-order chi connectivity index (χ1) is 11.0. The van der Waals surface area contributed by atoms with Crippen LogP contribution in [-0.2, 0) is 4.79 Å². The maximum absolute atomic E-state index is 12.3. The topological polar surface area (TPSA) is 73.1 Å². The summed E-state index contributed by atoms with van der Waals surface area (Å²) in [6.07, 6.45) is 1.65. The molecule has 1 aliphatic rings. The molecule has 0 aromatic heterocycles. The van der Waals surface area contributed by atoms with Crippen molar-refractivity contribution in [3.8, 4) is 11.5 Å². The third-order valence-corrected chi connectivity index (χ3v) is 4.36. The van der Waals surface area contributed by atoms with Crippen molar-refractivity contribution in [2.24, 2.45) is 4.99 Å². The van der Waals surface area contributed by atoms with Crippen molar-refractivity contribution in [3.63, 3.8) is 0 Å². The van der Waals surface area contributed by atoms with E-state index < -0.39 is 0 Å².